The van der Waals surface area contributed by atoms with Crippen molar-refractivity contribution in [2.45, 2.75) is 52.4 Å². The standard InChI is InChI=1S/C14H25NOSi/c1-11-12(10-15)8-7-9-13(11)16-17(5,6)14(2,3)4/h7-9H,10,15H2,1-6H3. The molecule has 3 heteroatoms. The fourth-order valence-electron chi connectivity index (χ4n) is 1.42. The van der Waals surface area contributed by atoms with Crippen molar-refractivity contribution in [3.05, 3.63) is 29.3 Å². The highest BCUT2D eigenvalue weighted by Crippen LogP contribution is 2.38. The summed E-state index contributed by atoms with van der Waals surface area (Å²) in [7, 11) is -1.75. The largest absolute Gasteiger partial charge is 0.543 e. The van der Waals surface area contributed by atoms with Gasteiger partial charge in [0.15, 0.2) is 0 Å². The van der Waals surface area contributed by atoms with Crippen LogP contribution in [0.2, 0.25) is 18.1 Å². The van der Waals surface area contributed by atoms with Crippen LogP contribution >= 0.6 is 0 Å². The number of benzene rings is 1. The van der Waals surface area contributed by atoms with Gasteiger partial charge >= 0.3 is 0 Å². The molecular formula is C14H25NOSi. The van der Waals surface area contributed by atoms with Crippen LogP contribution in [0.25, 0.3) is 0 Å². The molecule has 0 radical (unpaired) electrons. The molecule has 2 nitrogen and oxygen atoms in total. The van der Waals surface area contributed by atoms with Gasteiger partial charge in [0.1, 0.15) is 5.75 Å². The third-order valence-electron chi connectivity index (χ3n) is 3.79. The first-order valence-electron chi connectivity index (χ1n) is 6.16. The van der Waals surface area contributed by atoms with Gasteiger partial charge in [-0.2, -0.15) is 0 Å². The molecule has 0 aliphatic heterocycles. The Labute approximate surface area is 106 Å². The van der Waals surface area contributed by atoms with Crippen molar-refractivity contribution in [1.29, 1.82) is 0 Å². The average molecular weight is 251 g/mol. The lowest BCUT2D eigenvalue weighted by molar-refractivity contribution is 0.488. The Morgan fingerprint density at radius 2 is 1.82 bits per heavy atom. The Hall–Kier alpha value is -0.803. The molecule has 0 amide bonds. The van der Waals surface area contributed by atoms with Crippen molar-refractivity contribution in [2.24, 2.45) is 5.73 Å². The van der Waals surface area contributed by atoms with Gasteiger partial charge in [0.05, 0.1) is 0 Å². The van der Waals surface area contributed by atoms with E-state index in [1.807, 2.05) is 6.07 Å². The van der Waals surface area contributed by atoms with E-state index in [1.165, 1.54) is 11.1 Å². The molecule has 0 aliphatic rings. The highest BCUT2D eigenvalue weighted by atomic mass is 28.4. The summed E-state index contributed by atoms with van der Waals surface area (Å²) in [4.78, 5) is 0. The van der Waals surface area contributed by atoms with E-state index in [2.05, 4.69) is 52.9 Å². The lowest BCUT2D eigenvalue weighted by Crippen LogP contribution is -2.44. The van der Waals surface area contributed by atoms with Crippen LogP contribution in [0.1, 0.15) is 31.9 Å². The van der Waals surface area contributed by atoms with Crippen molar-refractivity contribution in [1.82, 2.24) is 0 Å². The molecule has 0 unspecified atom stereocenters. The van der Waals surface area contributed by atoms with E-state index in [4.69, 9.17) is 10.2 Å². The molecule has 1 aromatic carbocycles. The molecule has 0 fully saturated rings. The summed E-state index contributed by atoms with van der Waals surface area (Å²) in [5.41, 5.74) is 8.07. The molecule has 0 atom stereocenters. The van der Waals surface area contributed by atoms with Crippen molar-refractivity contribution < 1.29 is 4.43 Å². The highest BCUT2D eigenvalue weighted by Gasteiger charge is 2.39. The van der Waals surface area contributed by atoms with E-state index in [9.17, 15) is 0 Å². The molecule has 0 bridgehead atoms. The van der Waals surface area contributed by atoms with Crippen LogP contribution in [-0.2, 0) is 6.54 Å². The van der Waals surface area contributed by atoms with Gasteiger partial charge in [0.2, 0.25) is 8.32 Å². The van der Waals surface area contributed by atoms with Crippen LogP contribution in [-0.4, -0.2) is 8.32 Å². The molecular weight excluding hydrogens is 226 g/mol. The van der Waals surface area contributed by atoms with Gasteiger partial charge in [0, 0.05) is 6.54 Å². The molecule has 1 aromatic rings. The summed E-state index contributed by atoms with van der Waals surface area (Å²) >= 11 is 0. The first kappa shape index (κ1) is 14.3. The van der Waals surface area contributed by atoms with E-state index in [1.54, 1.807) is 0 Å². The smallest absolute Gasteiger partial charge is 0.250 e. The normalized spacial score (nSPS) is 12.6. The van der Waals surface area contributed by atoms with E-state index in [0.29, 0.717) is 6.54 Å². The molecule has 0 saturated carbocycles. The summed E-state index contributed by atoms with van der Waals surface area (Å²) in [6.45, 7) is 13.9. The average Bonchev–Trinajstić information content (AvgIpc) is 2.19. The van der Waals surface area contributed by atoms with Gasteiger partial charge in [-0.3, -0.25) is 0 Å². The minimum atomic E-state index is -1.75. The van der Waals surface area contributed by atoms with Crippen LogP contribution in [0.4, 0.5) is 0 Å². The van der Waals surface area contributed by atoms with Gasteiger partial charge in [-0.1, -0.05) is 32.9 Å². The molecule has 1 rings (SSSR count). The van der Waals surface area contributed by atoms with E-state index in [0.717, 1.165) is 5.75 Å². The molecule has 0 saturated heterocycles. The van der Waals surface area contributed by atoms with E-state index in [-0.39, 0.29) is 5.04 Å². The highest BCUT2D eigenvalue weighted by molar-refractivity contribution is 6.74. The maximum absolute atomic E-state index is 6.32. The van der Waals surface area contributed by atoms with Crippen LogP contribution in [0.3, 0.4) is 0 Å². The van der Waals surface area contributed by atoms with Crippen LogP contribution in [0.15, 0.2) is 18.2 Å². The van der Waals surface area contributed by atoms with Crippen molar-refractivity contribution in [3.8, 4) is 5.75 Å². The Morgan fingerprint density at radius 3 is 2.29 bits per heavy atom. The molecule has 0 spiro atoms. The van der Waals surface area contributed by atoms with Gasteiger partial charge in [-0.15, -0.1) is 0 Å². The van der Waals surface area contributed by atoms with Gasteiger partial charge in [-0.25, -0.2) is 0 Å². The van der Waals surface area contributed by atoms with Gasteiger partial charge in [0.25, 0.3) is 0 Å². The molecule has 96 valence electrons. The minimum absolute atomic E-state index is 0.220. The second-order valence-corrected chi connectivity index (χ2v) is 10.8. The summed E-state index contributed by atoms with van der Waals surface area (Å²) in [5, 5.41) is 0.220. The third-order valence-corrected chi connectivity index (χ3v) is 8.13. The number of hydrogen-bond donors (Lipinski definition) is 1. The summed E-state index contributed by atoms with van der Waals surface area (Å²) in [6.07, 6.45) is 0. The fraction of sp³-hybridized carbons (Fsp3) is 0.571. The molecule has 0 aromatic heterocycles. The van der Waals surface area contributed by atoms with Crippen LogP contribution in [0, 0.1) is 6.92 Å². The minimum Gasteiger partial charge on any atom is -0.543 e. The Bertz CT molecular complexity index is 394. The first-order valence-corrected chi connectivity index (χ1v) is 9.07. The Morgan fingerprint density at radius 1 is 1.24 bits per heavy atom. The topological polar surface area (TPSA) is 35.2 Å². The molecule has 0 heterocycles. The lowest BCUT2D eigenvalue weighted by atomic mass is 10.1. The second kappa shape index (κ2) is 4.82. The zero-order valence-electron chi connectivity index (χ0n) is 11.9. The van der Waals surface area contributed by atoms with Gasteiger partial charge in [-0.05, 0) is 42.2 Å². The lowest BCUT2D eigenvalue weighted by Gasteiger charge is -2.37. The maximum Gasteiger partial charge on any atom is 0.250 e. The SMILES string of the molecule is Cc1c(CN)cccc1O[Si](C)(C)C(C)(C)C. The number of hydrogen-bond acceptors (Lipinski definition) is 2. The first-order chi connectivity index (χ1) is 7.69. The summed E-state index contributed by atoms with van der Waals surface area (Å²) in [6, 6.07) is 6.14. The zero-order chi connectivity index (χ0) is 13.3. The molecule has 0 aliphatic carbocycles. The number of nitrogens with two attached hydrogens (primary N) is 1. The van der Waals surface area contributed by atoms with Crippen LogP contribution in [0.5, 0.6) is 5.75 Å². The predicted molar refractivity (Wildman–Crippen MR) is 76.9 cm³/mol. The monoisotopic (exact) mass is 251 g/mol. The summed E-state index contributed by atoms with van der Waals surface area (Å²) in [5.74, 6) is 1.000. The fourth-order valence-corrected chi connectivity index (χ4v) is 2.50. The molecule has 17 heavy (non-hydrogen) atoms. The Kier molecular flexibility index (Phi) is 4.05. The summed E-state index contributed by atoms with van der Waals surface area (Å²) < 4.78 is 6.32. The number of rotatable bonds is 3. The maximum atomic E-state index is 6.32. The second-order valence-electron chi connectivity index (χ2n) is 6.11. The van der Waals surface area contributed by atoms with E-state index < -0.39 is 8.32 Å². The van der Waals surface area contributed by atoms with Crippen LogP contribution < -0.4 is 10.2 Å². The third kappa shape index (κ3) is 3.10. The predicted octanol–water partition coefficient (Wildman–Crippen LogP) is 3.84. The van der Waals surface area contributed by atoms with E-state index >= 15 is 0 Å². The molecule has 2 N–H and O–H groups in total. The Balaban J connectivity index is 3.04. The van der Waals surface area contributed by atoms with Gasteiger partial charge < -0.3 is 10.2 Å². The van der Waals surface area contributed by atoms with Crippen molar-refractivity contribution in [2.75, 3.05) is 0 Å². The zero-order valence-corrected chi connectivity index (χ0v) is 12.9. The van der Waals surface area contributed by atoms with Crippen molar-refractivity contribution in [3.63, 3.8) is 0 Å². The van der Waals surface area contributed by atoms with Crippen molar-refractivity contribution >= 4 is 8.32 Å². The quantitative estimate of drug-likeness (QED) is 0.828.